The Kier molecular flexibility index (Phi) is 5.86. The van der Waals surface area contributed by atoms with Gasteiger partial charge in [-0.1, -0.05) is 25.0 Å². The van der Waals surface area contributed by atoms with Gasteiger partial charge in [0.05, 0.1) is 7.11 Å². The van der Waals surface area contributed by atoms with Crippen LogP contribution >= 0.6 is 0 Å². The fourth-order valence-electron chi connectivity index (χ4n) is 1.79. The molecule has 0 spiro atoms. The number of benzene rings is 1. The Morgan fingerprint density at radius 1 is 1.19 bits per heavy atom. The molecule has 0 saturated heterocycles. The molecule has 2 N–H and O–H groups in total. The van der Waals surface area contributed by atoms with E-state index in [9.17, 15) is 4.39 Å². The summed E-state index contributed by atoms with van der Waals surface area (Å²) >= 11 is 0. The average molecular weight is 225 g/mol. The molecule has 1 aromatic carbocycles. The fraction of sp³-hybridized carbons (Fsp3) is 0.538. The summed E-state index contributed by atoms with van der Waals surface area (Å²) in [5.74, 6) is 0.114. The van der Waals surface area contributed by atoms with Crippen molar-refractivity contribution in [2.24, 2.45) is 5.73 Å². The first-order valence-corrected chi connectivity index (χ1v) is 5.81. The van der Waals surface area contributed by atoms with Crippen LogP contribution in [0.3, 0.4) is 0 Å². The third-order valence-electron chi connectivity index (χ3n) is 2.65. The van der Waals surface area contributed by atoms with E-state index in [4.69, 9.17) is 10.5 Å². The van der Waals surface area contributed by atoms with Crippen molar-refractivity contribution in [3.63, 3.8) is 0 Å². The van der Waals surface area contributed by atoms with Gasteiger partial charge in [0.15, 0.2) is 11.6 Å². The van der Waals surface area contributed by atoms with E-state index in [1.54, 1.807) is 6.07 Å². The molecule has 1 aromatic rings. The summed E-state index contributed by atoms with van der Waals surface area (Å²) < 4.78 is 18.4. The van der Waals surface area contributed by atoms with E-state index >= 15 is 0 Å². The summed E-state index contributed by atoms with van der Waals surface area (Å²) in [4.78, 5) is 0. The van der Waals surface area contributed by atoms with Crippen molar-refractivity contribution in [2.75, 3.05) is 13.7 Å². The molecule has 2 nitrogen and oxygen atoms in total. The SMILES string of the molecule is COc1c(F)cccc1CCCCCCN. The molecule has 0 aliphatic heterocycles. The lowest BCUT2D eigenvalue weighted by Gasteiger charge is -2.08. The number of aryl methyl sites for hydroxylation is 1. The highest BCUT2D eigenvalue weighted by atomic mass is 19.1. The van der Waals surface area contributed by atoms with E-state index in [0.29, 0.717) is 5.75 Å². The second-order valence-corrected chi connectivity index (χ2v) is 3.89. The van der Waals surface area contributed by atoms with E-state index in [1.807, 2.05) is 6.07 Å². The predicted octanol–water partition coefficient (Wildman–Crippen LogP) is 2.90. The van der Waals surface area contributed by atoms with Crippen LogP contribution in [0.2, 0.25) is 0 Å². The largest absolute Gasteiger partial charge is 0.493 e. The van der Waals surface area contributed by atoms with Crippen molar-refractivity contribution < 1.29 is 9.13 Å². The molecule has 3 heteroatoms. The van der Waals surface area contributed by atoms with E-state index in [0.717, 1.165) is 44.2 Å². The Morgan fingerprint density at radius 3 is 2.62 bits per heavy atom. The second-order valence-electron chi connectivity index (χ2n) is 3.89. The van der Waals surface area contributed by atoms with Gasteiger partial charge < -0.3 is 10.5 Å². The zero-order valence-electron chi connectivity index (χ0n) is 9.84. The molecule has 90 valence electrons. The molecule has 0 atom stereocenters. The predicted molar refractivity (Wildman–Crippen MR) is 64.2 cm³/mol. The third kappa shape index (κ3) is 3.81. The summed E-state index contributed by atoms with van der Waals surface area (Å²) in [6.45, 7) is 0.753. The molecule has 0 saturated carbocycles. The molecular weight excluding hydrogens is 205 g/mol. The summed E-state index contributed by atoms with van der Waals surface area (Å²) in [5.41, 5.74) is 6.37. The number of rotatable bonds is 7. The smallest absolute Gasteiger partial charge is 0.165 e. The first-order chi connectivity index (χ1) is 7.79. The first-order valence-electron chi connectivity index (χ1n) is 5.81. The highest BCUT2D eigenvalue weighted by Crippen LogP contribution is 2.23. The topological polar surface area (TPSA) is 35.2 Å². The Morgan fingerprint density at radius 2 is 1.94 bits per heavy atom. The average Bonchev–Trinajstić information content (AvgIpc) is 2.29. The monoisotopic (exact) mass is 225 g/mol. The van der Waals surface area contributed by atoms with Gasteiger partial charge in [0, 0.05) is 0 Å². The molecule has 0 aliphatic rings. The number of methoxy groups -OCH3 is 1. The molecule has 0 amide bonds. The number of hydrogen-bond donors (Lipinski definition) is 1. The Hall–Kier alpha value is -1.09. The van der Waals surface area contributed by atoms with Crippen molar-refractivity contribution in [1.29, 1.82) is 0 Å². The standard InChI is InChI=1S/C13H20FNO/c1-16-13-11(8-6-9-12(13)14)7-4-2-3-5-10-15/h6,8-9H,2-5,7,10,15H2,1H3. The Bertz CT molecular complexity index is 315. The van der Waals surface area contributed by atoms with Crippen LogP contribution in [-0.2, 0) is 6.42 Å². The summed E-state index contributed by atoms with van der Waals surface area (Å²) in [7, 11) is 1.51. The van der Waals surface area contributed by atoms with Crippen molar-refractivity contribution in [2.45, 2.75) is 32.1 Å². The van der Waals surface area contributed by atoms with Crippen molar-refractivity contribution in [1.82, 2.24) is 0 Å². The van der Waals surface area contributed by atoms with Gasteiger partial charge in [0.2, 0.25) is 0 Å². The summed E-state index contributed by atoms with van der Waals surface area (Å²) in [5, 5.41) is 0. The minimum Gasteiger partial charge on any atom is -0.493 e. The van der Waals surface area contributed by atoms with E-state index in [-0.39, 0.29) is 5.82 Å². The highest BCUT2D eigenvalue weighted by Gasteiger charge is 2.07. The molecule has 0 heterocycles. The number of unbranched alkanes of at least 4 members (excludes halogenated alkanes) is 3. The number of hydrogen-bond acceptors (Lipinski definition) is 2. The van der Waals surface area contributed by atoms with Crippen LogP contribution in [0.4, 0.5) is 4.39 Å². The van der Waals surface area contributed by atoms with Gasteiger partial charge in [-0.25, -0.2) is 4.39 Å². The number of ether oxygens (including phenoxy) is 1. The van der Waals surface area contributed by atoms with Gasteiger partial charge >= 0.3 is 0 Å². The van der Waals surface area contributed by atoms with Crippen LogP contribution < -0.4 is 10.5 Å². The van der Waals surface area contributed by atoms with Crippen molar-refractivity contribution in [3.05, 3.63) is 29.6 Å². The van der Waals surface area contributed by atoms with E-state index < -0.39 is 0 Å². The Balaban J connectivity index is 2.44. The molecule has 1 rings (SSSR count). The maximum absolute atomic E-state index is 13.3. The van der Waals surface area contributed by atoms with Gasteiger partial charge in [0.1, 0.15) is 0 Å². The molecular formula is C13H20FNO. The lowest BCUT2D eigenvalue weighted by atomic mass is 10.0. The zero-order valence-corrected chi connectivity index (χ0v) is 9.84. The number of nitrogens with two attached hydrogens (primary N) is 1. The maximum atomic E-state index is 13.3. The summed E-state index contributed by atoms with van der Waals surface area (Å²) in [6.07, 6.45) is 5.27. The van der Waals surface area contributed by atoms with Gasteiger partial charge in [-0.05, 0) is 37.4 Å². The molecule has 0 radical (unpaired) electrons. The minimum absolute atomic E-state index is 0.276. The molecule has 0 bridgehead atoms. The fourth-order valence-corrected chi connectivity index (χ4v) is 1.79. The third-order valence-corrected chi connectivity index (χ3v) is 2.65. The quantitative estimate of drug-likeness (QED) is 0.724. The number of para-hydroxylation sites is 1. The van der Waals surface area contributed by atoms with Crippen molar-refractivity contribution >= 4 is 0 Å². The van der Waals surface area contributed by atoms with Crippen LogP contribution in [0.15, 0.2) is 18.2 Å². The minimum atomic E-state index is -0.276. The molecule has 0 unspecified atom stereocenters. The van der Waals surface area contributed by atoms with Crippen LogP contribution in [0, 0.1) is 5.82 Å². The highest BCUT2D eigenvalue weighted by molar-refractivity contribution is 5.34. The van der Waals surface area contributed by atoms with Crippen molar-refractivity contribution in [3.8, 4) is 5.75 Å². The first kappa shape index (κ1) is 13.0. The number of halogens is 1. The van der Waals surface area contributed by atoms with Crippen LogP contribution in [0.5, 0.6) is 5.75 Å². The van der Waals surface area contributed by atoms with Gasteiger partial charge in [-0.2, -0.15) is 0 Å². The maximum Gasteiger partial charge on any atom is 0.165 e. The Labute approximate surface area is 96.6 Å². The second kappa shape index (κ2) is 7.23. The van der Waals surface area contributed by atoms with Gasteiger partial charge in [0.25, 0.3) is 0 Å². The molecule has 0 fully saturated rings. The van der Waals surface area contributed by atoms with Gasteiger partial charge in [-0.3, -0.25) is 0 Å². The van der Waals surface area contributed by atoms with Crippen LogP contribution in [-0.4, -0.2) is 13.7 Å². The van der Waals surface area contributed by atoms with Crippen LogP contribution in [0.25, 0.3) is 0 Å². The normalized spacial score (nSPS) is 10.4. The molecule has 16 heavy (non-hydrogen) atoms. The van der Waals surface area contributed by atoms with E-state index in [1.165, 1.54) is 13.2 Å². The lowest BCUT2D eigenvalue weighted by Crippen LogP contribution is -1.98. The lowest BCUT2D eigenvalue weighted by molar-refractivity contribution is 0.380. The summed E-state index contributed by atoms with van der Waals surface area (Å²) in [6, 6.07) is 5.08. The zero-order chi connectivity index (χ0) is 11.8. The van der Waals surface area contributed by atoms with Gasteiger partial charge in [-0.15, -0.1) is 0 Å². The molecule has 0 aliphatic carbocycles. The van der Waals surface area contributed by atoms with E-state index in [2.05, 4.69) is 0 Å². The molecule has 0 aromatic heterocycles. The van der Waals surface area contributed by atoms with Crippen LogP contribution in [0.1, 0.15) is 31.2 Å².